The van der Waals surface area contributed by atoms with Crippen LogP contribution < -0.4 is 20.1 Å². The fraction of sp³-hybridized carbons (Fsp3) is 0.417. The number of hydrogen-bond acceptors (Lipinski definition) is 5. The van der Waals surface area contributed by atoms with Gasteiger partial charge in [0.2, 0.25) is 0 Å². The van der Waals surface area contributed by atoms with Crippen LogP contribution in [0.4, 0.5) is 4.39 Å². The Hall–Kier alpha value is -2.84. The van der Waals surface area contributed by atoms with E-state index in [2.05, 4.69) is 10.6 Å². The molecule has 2 bridgehead atoms. The second kappa shape index (κ2) is 8.50. The number of rotatable bonds is 9. The summed E-state index contributed by atoms with van der Waals surface area (Å²) < 4.78 is 24.3. The Bertz CT molecular complexity index is 1050. The highest BCUT2D eigenvalue weighted by Gasteiger charge is 2.69. The third kappa shape index (κ3) is 5.23. The normalized spacial score (nSPS) is 23.1. The fourth-order valence-corrected chi connectivity index (χ4v) is 4.66. The molecule has 0 aromatic heterocycles. The van der Waals surface area contributed by atoms with Crippen molar-refractivity contribution in [3.05, 3.63) is 58.9 Å². The van der Waals surface area contributed by atoms with E-state index in [0.29, 0.717) is 25.0 Å². The van der Waals surface area contributed by atoms with Gasteiger partial charge < -0.3 is 25.2 Å². The SMILES string of the molecule is CC(C)(O)c1ccc(OCC(=O)NC23CC(NC(=O)COc4ccc(Cl)c(F)c4)(C2)C3)cc1. The molecule has 3 N–H and O–H groups in total. The lowest BCUT2D eigenvalue weighted by Gasteiger charge is -2.70. The Balaban J connectivity index is 1.16. The van der Waals surface area contributed by atoms with Crippen LogP contribution in [-0.2, 0) is 15.2 Å². The first-order valence-electron chi connectivity index (χ1n) is 10.6. The van der Waals surface area contributed by atoms with Gasteiger partial charge in [-0.1, -0.05) is 23.7 Å². The molecule has 33 heavy (non-hydrogen) atoms. The number of nitrogens with one attached hydrogen (secondary N) is 2. The van der Waals surface area contributed by atoms with E-state index in [-0.39, 0.29) is 46.9 Å². The first-order chi connectivity index (χ1) is 15.5. The Labute approximate surface area is 196 Å². The van der Waals surface area contributed by atoms with Crippen LogP contribution in [0.15, 0.2) is 42.5 Å². The maximum atomic E-state index is 13.4. The van der Waals surface area contributed by atoms with Gasteiger partial charge in [0.15, 0.2) is 13.2 Å². The van der Waals surface area contributed by atoms with E-state index in [9.17, 15) is 19.1 Å². The van der Waals surface area contributed by atoms with Crippen molar-refractivity contribution in [3.8, 4) is 11.5 Å². The highest BCUT2D eigenvalue weighted by atomic mass is 35.5. The number of ether oxygens (including phenoxy) is 2. The van der Waals surface area contributed by atoms with Crippen LogP contribution >= 0.6 is 11.6 Å². The van der Waals surface area contributed by atoms with E-state index in [0.717, 1.165) is 11.6 Å². The van der Waals surface area contributed by atoms with E-state index in [1.165, 1.54) is 12.1 Å². The van der Waals surface area contributed by atoms with Gasteiger partial charge in [-0.25, -0.2) is 4.39 Å². The van der Waals surface area contributed by atoms with Crippen LogP contribution in [0.3, 0.4) is 0 Å². The molecule has 5 rings (SSSR count). The Kier molecular flexibility index (Phi) is 6.01. The summed E-state index contributed by atoms with van der Waals surface area (Å²) in [7, 11) is 0. The molecule has 2 aromatic rings. The summed E-state index contributed by atoms with van der Waals surface area (Å²) in [4.78, 5) is 24.5. The number of carbonyl (C=O) groups is 2. The molecule has 3 aliphatic rings. The summed E-state index contributed by atoms with van der Waals surface area (Å²) in [6.45, 7) is 3.04. The molecule has 176 valence electrons. The minimum atomic E-state index is -0.939. The summed E-state index contributed by atoms with van der Waals surface area (Å²) in [5, 5.41) is 15.9. The minimum Gasteiger partial charge on any atom is -0.484 e. The van der Waals surface area contributed by atoms with Gasteiger partial charge in [-0.2, -0.15) is 0 Å². The predicted molar refractivity (Wildman–Crippen MR) is 120 cm³/mol. The number of carbonyl (C=O) groups excluding carboxylic acids is 2. The molecule has 2 amide bonds. The quantitative estimate of drug-likeness (QED) is 0.517. The fourth-order valence-electron chi connectivity index (χ4n) is 4.54. The lowest BCUT2D eigenvalue weighted by molar-refractivity contribution is -0.151. The monoisotopic (exact) mass is 476 g/mol. The van der Waals surface area contributed by atoms with Gasteiger partial charge in [-0.15, -0.1) is 0 Å². The van der Waals surface area contributed by atoms with Crippen LogP contribution in [0, 0.1) is 5.82 Å². The van der Waals surface area contributed by atoms with Crippen LogP contribution in [0.1, 0.15) is 38.7 Å². The standard InChI is InChI=1S/C24H26ClFN2O5/c1-22(2,31)15-3-5-16(6-4-15)32-10-20(29)27-23-12-24(13-23,14-23)28-21(30)11-33-17-7-8-18(25)19(26)9-17/h3-9,31H,10-14H2,1-2H3,(H,27,29)(H,28,30). The molecule has 0 radical (unpaired) electrons. The maximum absolute atomic E-state index is 13.4. The van der Waals surface area contributed by atoms with Crippen molar-refractivity contribution in [1.29, 1.82) is 0 Å². The van der Waals surface area contributed by atoms with Crippen LogP contribution in [-0.4, -0.2) is 41.2 Å². The van der Waals surface area contributed by atoms with Crippen molar-refractivity contribution in [2.45, 2.75) is 49.8 Å². The van der Waals surface area contributed by atoms with E-state index < -0.39 is 11.4 Å². The molecule has 0 aliphatic heterocycles. The highest BCUT2D eigenvalue weighted by molar-refractivity contribution is 6.30. The zero-order valence-electron chi connectivity index (χ0n) is 18.4. The Morgan fingerprint density at radius 1 is 0.970 bits per heavy atom. The summed E-state index contributed by atoms with van der Waals surface area (Å²) in [5.41, 5.74) is -0.817. The summed E-state index contributed by atoms with van der Waals surface area (Å²) in [6, 6.07) is 10.9. The van der Waals surface area contributed by atoms with Gasteiger partial charge in [0.1, 0.15) is 17.3 Å². The topological polar surface area (TPSA) is 96.9 Å². The minimum absolute atomic E-state index is 0.0120. The Morgan fingerprint density at radius 3 is 1.94 bits per heavy atom. The third-order valence-electron chi connectivity index (χ3n) is 6.03. The van der Waals surface area contributed by atoms with Gasteiger partial charge in [-0.3, -0.25) is 9.59 Å². The number of benzene rings is 2. The predicted octanol–water partition coefficient (Wildman–Crippen LogP) is 3.07. The molecule has 0 spiro atoms. The molecular formula is C24H26ClFN2O5. The number of hydrogen-bond donors (Lipinski definition) is 3. The molecule has 3 fully saturated rings. The van der Waals surface area contributed by atoms with Gasteiger partial charge in [0.25, 0.3) is 11.8 Å². The molecule has 0 heterocycles. The maximum Gasteiger partial charge on any atom is 0.258 e. The molecular weight excluding hydrogens is 451 g/mol. The summed E-state index contributed by atoms with van der Waals surface area (Å²) in [5.74, 6) is -0.373. The van der Waals surface area contributed by atoms with Crippen molar-refractivity contribution in [2.24, 2.45) is 0 Å². The molecule has 3 saturated carbocycles. The van der Waals surface area contributed by atoms with Gasteiger partial charge >= 0.3 is 0 Å². The van der Waals surface area contributed by atoms with Gasteiger partial charge in [0, 0.05) is 17.1 Å². The molecule has 7 nitrogen and oxygen atoms in total. The van der Waals surface area contributed by atoms with E-state index >= 15 is 0 Å². The molecule has 0 atom stereocenters. The van der Waals surface area contributed by atoms with Crippen molar-refractivity contribution in [3.63, 3.8) is 0 Å². The largest absolute Gasteiger partial charge is 0.484 e. The lowest BCUT2D eigenvalue weighted by atomic mass is 9.44. The van der Waals surface area contributed by atoms with Gasteiger partial charge in [-0.05, 0) is 62.9 Å². The van der Waals surface area contributed by atoms with E-state index in [1.54, 1.807) is 38.1 Å². The van der Waals surface area contributed by atoms with E-state index in [4.69, 9.17) is 21.1 Å². The van der Waals surface area contributed by atoms with Crippen molar-refractivity contribution in [1.82, 2.24) is 10.6 Å². The molecule has 9 heteroatoms. The van der Waals surface area contributed by atoms with Crippen molar-refractivity contribution >= 4 is 23.4 Å². The lowest BCUT2D eigenvalue weighted by Crippen LogP contribution is -2.84. The van der Waals surface area contributed by atoms with Gasteiger partial charge in [0.05, 0.1) is 10.6 Å². The van der Waals surface area contributed by atoms with Crippen molar-refractivity contribution in [2.75, 3.05) is 13.2 Å². The number of halogens is 2. The van der Waals surface area contributed by atoms with E-state index in [1.807, 2.05) is 0 Å². The first kappa shape index (κ1) is 23.3. The molecule has 3 aliphatic carbocycles. The average molecular weight is 477 g/mol. The highest BCUT2D eigenvalue weighted by Crippen LogP contribution is 2.60. The zero-order chi connectivity index (χ0) is 23.9. The summed E-state index contributed by atoms with van der Waals surface area (Å²) in [6.07, 6.45) is 1.94. The molecule has 0 saturated heterocycles. The molecule has 2 aromatic carbocycles. The summed E-state index contributed by atoms with van der Waals surface area (Å²) >= 11 is 5.63. The molecule has 0 unspecified atom stereocenters. The average Bonchev–Trinajstić information content (AvgIpc) is 2.70. The Morgan fingerprint density at radius 2 is 1.45 bits per heavy atom. The smallest absolute Gasteiger partial charge is 0.258 e. The first-order valence-corrected chi connectivity index (χ1v) is 11.0. The van der Waals surface area contributed by atoms with Crippen LogP contribution in [0.5, 0.6) is 11.5 Å². The number of amides is 2. The second-order valence-electron chi connectivity index (χ2n) is 9.42. The zero-order valence-corrected chi connectivity index (χ0v) is 19.2. The van der Waals surface area contributed by atoms with Crippen molar-refractivity contribution < 1.29 is 28.6 Å². The van der Waals surface area contributed by atoms with Crippen LogP contribution in [0.2, 0.25) is 5.02 Å². The third-order valence-corrected chi connectivity index (χ3v) is 6.34. The number of aliphatic hydroxyl groups is 1. The second-order valence-corrected chi connectivity index (χ2v) is 9.83. The van der Waals surface area contributed by atoms with Crippen LogP contribution in [0.25, 0.3) is 0 Å².